The van der Waals surface area contributed by atoms with Crippen LogP contribution in [0.5, 0.6) is 5.75 Å². The van der Waals surface area contributed by atoms with Gasteiger partial charge in [-0.2, -0.15) is 8.42 Å². The molecule has 3 aromatic rings. The molecular weight excluding hydrogens is 516 g/mol. The normalized spacial score (nSPS) is 23.0. The van der Waals surface area contributed by atoms with Crippen LogP contribution in [-0.4, -0.2) is 27.1 Å². The van der Waals surface area contributed by atoms with E-state index in [1.165, 1.54) is 0 Å². The molecule has 2 fully saturated rings. The molecule has 2 atom stereocenters. The van der Waals surface area contributed by atoms with Gasteiger partial charge < -0.3 is 4.74 Å². The first-order chi connectivity index (χ1) is 17.9. The molecule has 0 spiro atoms. The van der Waals surface area contributed by atoms with Crippen LogP contribution in [-0.2, 0) is 18.5 Å². The molecule has 3 aromatic carbocycles. The van der Waals surface area contributed by atoms with Crippen LogP contribution in [0.15, 0.2) is 87.5 Å². The third-order valence-corrected chi connectivity index (χ3v) is 14.2. The van der Waals surface area contributed by atoms with Gasteiger partial charge in [0.15, 0.2) is 0 Å². The first-order valence-corrected chi connectivity index (χ1v) is 16.1. The molecule has 0 amide bonds. The molecule has 38 heavy (non-hydrogen) atoms. The van der Waals surface area contributed by atoms with Crippen LogP contribution in [0.2, 0.25) is 0 Å². The van der Waals surface area contributed by atoms with Gasteiger partial charge in [0.1, 0.15) is 11.5 Å². The number of fused-ring (bicyclic) bond motifs is 2. The number of Topliss-reactive ketones (excluding diaryl/α,β-unsaturated/α-hetero) is 1. The highest BCUT2D eigenvalue weighted by molar-refractivity contribution is 8.33. The second-order valence-electron chi connectivity index (χ2n) is 11.3. The SMILES string of the molecule is COc1ccc(S(OS(=O)(=O)CC23CCC(CC2=O)C3(C)C)(c2ccc(C)cc2)c2ccc(C)cc2)cc1. The fourth-order valence-corrected chi connectivity index (χ4v) is 12.4. The third-order valence-electron chi connectivity index (χ3n) is 8.87. The van der Waals surface area contributed by atoms with Crippen molar-refractivity contribution in [3.05, 3.63) is 83.9 Å². The minimum absolute atomic E-state index is 0.0571. The Bertz CT molecular complexity index is 1400. The Kier molecular flexibility index (Phi) is 6.77. The van der Waals surface area contributed by atoms with Crippen molar-refractivity contribution < 1.29 is 21.6 Å². The van der Waals surface area contributed by atoms with E-state index in [1.807, 2.05) is 86.6 Å². The van der Waals surface area contributed by atoms with Crippen molar-refractivity contribution in [3.63, 3.8) is 0 Å². The fourth-order valence-electron chi connectivity index (χ4n) is 6.34. The molecule has 0 saturated heterocycles. The van der Waals surface area contributed by atoms with Gasteiger partial charge in [-0.1, -0.05) is 49.2 Å². The Morgan fingerprint density at radius 1 is 0.816 bits per heavy atom. The van der Waals surface area contributed by atoms with Crippen LogP contribution in [0.3, 0.4) is 0 Å². The lowest BCUT2D eigenvalue weighted by molar-refractivity contribution is -0.128. The standard InChI is InChI=1S/C31H36O5S2/c1-22-6-12-26(13-7-22)38(27-14-8-23(2)9-15-27,28-16-10-25(35-5)11-17-28)36-37(33,34)21-31-19-18-24(20-29(31)32)30(31,3)4/h6-17,24H,18-21H2,1-5H3. The number of rotatable bonds is 8. The molecule has 0 heterocycles. The highest BCUT2D eigenvalue weighted by Gasteiger charge is 2.65. The van der Waals surface area contributed by atoms with Crippen molar-refractivity contribution in [1.29, 1.82) is 0 Å². The molecule has 0 N–H and O–H groups in total. The minimum atomic E-state index is -4.17. The maximum Gasteiger partial charge on any atom is 0.278 e. The Hall–Kier alpha value is -2.61. The van der Waals surface area contributed by atoms with E-state index in [0.29, 0.717) is 18.6 Å². The van der Waals surface area contributed by atoms with Crippen LogP contribution >= 0.6 is 10.3 Å². The smallest absolute Gasteiger partial charge is 0.278 e. The van der Waals surface area contributed by atoms with Gasteiger partial charge in [-0.25, -0.2) is 3.63 Å². The van der Waals surface area contributed by atoms with Gasteiger partial charge in [-0.05, 0) is 96.9 Å². The van der Waals surface area contributed by atoms with Gasteiger partial charge in [-0.3, -0.25) is 4.79 Å². The van der Waals surface area contributed by atoms with Crippen molar-refractivity contribution in [2.45, 2.75) is 61.6 Å². The second kappa shape index (κ2) is 9.54. The molecule has 2 saturated carbocycles. The van der Waals surface area contributed by atoms with E-state index in [2.05, 4.69) is 13.8 Å². The lowest BCUT2D eigenvalue weighted by Crippen LogP contribution is -2.42. The lowest BCUT2D eigenvalue weighted by Gasteiger charge is -2.41. The fraction of sp³-hybridized carbons (Fsp3) is 0.387. The summed E-state index contributed by atoms with van der Waals surface area (Å²) in [5.74, 6) is 0.650. The molecule has 202 valence electrons. The van der Waals surface area contributed by atoms with Gasteiger partial charge in [0.05, 0.1) is 18.3 Å². The average Bonchev–Trinajstić information content (AvgIpc) is 3.22. The van der Waals surface area contributed by atoms with Crippen LogP contribution in [0.4, 0.5) is 0 Å². The summed E-state index contributed by atoms with van der Waals surface area (Å²) in [6.07, 6.45) is 1.92. The number of ketones is 1. The summed E-state index contributed by atoms with van der Waals surface area (Å²) in [7, 11) is -5.29. The maximum atomic E-state index is 14.2. The molecule has 0 radical (unpaired) electrons. The summed E-state index contributed by atoms with van der Waals surface area (Å²) in [4.78, 5) is 15.5. The van der Waals surface area contributed by atoms with E-state index in [9.17, 15) is 13.2 Å². The maximum absolute atomic E-state index is 14.2. The van der Waals surface area contributed by atoms with Gasteiger partial charge in [0, 0.05) is 21.1 Å². The quantitative estimate of drug-likeness (QED) is 0.294. The predicted molar refractivity (Wildman–Crippen MR) is 151 cm³/mol. The van der Waals surface area contributed by atoms with Crippen LogP contribution in [0.1, 0.15) is 44.2 Å². The molecule has 0 aromatic heterocycles. The van der Waals surface area contributed by atoms with Crippen LogP contribution in [0, 0.1) is 30.6 Å². The van der Waals surface area contributed by atoms with Gasteiger partial charge in [-0.15, -0.1) is 0 Å². The topological polar surface area (TPSA) is 69.7 Å². The summed E-state index contributed by atoms with van der Waals surface area (Å²) >= 11 is 0. The highest BCUT2D eigenvalue weighted by atomic mass is 32.3. The van der Waals surface area contributed by atoms with E-state index in [1.54, 1.807) is 7.11 Å². The largest absolute Gasteiger partial charge is 0.497 e. The summed E-state index contributed by atoms with van der Waals surface area (Å²) in [6.45, 7) is 8.10. The summed E-state index contributed by atoms with van der Waals surface area (Å²) in [5, 5.41) is 0. The lowest BCUT2D eigenvalue weighted by atomic mass is 9.70. The Morgan fingerprint density at radius 2 is 1.29 bits per heavy atom. The molecule has 2 aliphatic carbocycles. The molecule has 2 unspecified atom stereocenters. The Labute approximate surface area is 228 Å². The first kappa shape index (κ1) is 27.0. The number of carbonyl (C=O) groups excluding carboxylic acids is 1. The summed E-state index contributed by atoms with van der Waals surface area (Å²) in [5.41, 5.74) is 0.838. The number of hydrogen-bond acceptors (Lipinski definition) is 5. The van der Waals surface area contributed by atoms with E-state index in [-0.39, 0.29) is 22.9 Å². The molecule has 5 nitrogen and oxygen atoms in total. The summed E-state index contributed by atoms with van der Waals surface area (Å²) < 4.78 is 40.4. The van der Waals surface area contributed by atoms with Crippen molar-refractivity contribution in [2.75, 3.05) is 12.9 Å². The van der Waals surface area contributed by atoms with E-state index in [4.69, 9.17) is 8.37 Å². The number of carbonyl (C=O) groups is 1. The number of methoxy groups -OCH3 is 1. The monoisotopic (exact) mass is 552 g/mol. The molecule has 2 aliphatic rings. The van der Waals surface area contributed by atoms with Crippen LogP contribution in [0.25, 0.3) is 0 Å². The van der Waals surface area contributed by atoms with Gasteiger partial charge in [0.25, 0.3) is 10.1 Å². The average molecular weight is 553 g/mol. The molecule has 7 heteroatoms. The van der Waals surface area contributed by atoms with Crippen molar-refractivity contribution in [2.24, 2.45) is 16.7 Å². The molecule has 2 bridgehead atoms. The zero-order chi connectivity index (χ0) is 27.3. The van der Waals surface area contributed by atoms with Gasteiger partial charge >= 0.3 is 0 Å². The molecular formula is C31H36O5S2. The number of hydrogen-bond donors (Lipinski definition) is 0. The van der Waals surface area contributed by atoms with E-state index >= 15 is 0 Å². The number of aryl methyl sites for hydroxylation is 2. The van der Waals surface area contributed by atoms with Gasteiger partial charge in [0.2, 0.25) is 0 Å². The van der Waals surface area contributed by atoms with E-state index < -0.39 is 25.8 Å². The second-order valence-corrected chi connectivity index (χ2v) is 15.8. The highest BCUT2D eigenvalue weighted by Crippen LogP contribution is 2.71. The van der Waals surface area contributed by atoms with E-state index in [0.717, 1.165) is 32.2 Å². The Morgan fingerprint density at radius 3 is 1.68 bits per heavy atom. The number of benzene rings is 3. The number of ether oxygens (including phenoxy) is 1. The minimum Gasteiger partial charge on any atom is -0.497 e. The zero-order valence-corrected chi connectivity index (χ0v) is 24.3. The van der Waals surface area contributed by atoms with Crippen LogP contribution < -0.4 is 4.74 Å². The molecule has 0 aliphatic heterocycles. The Balaban J connectivity index is 1.70. The predicted octanol–water partition coefficient (Wildman–Crippen LogP) is 7.25. The molecule has 5 rings (SSSR count). The first-order valence-electron chi connectivity index (χ1n) is 13.0. The van der Waals surface area contributed by atoms with Crippen molar-refractivity contribution >= 4 is 26.2 Å². The summed E-state index contributed by atoms with van der Waals surface area (Å²) in [6, 6.07) is 23.2. The third kappa shape index (κ3) is 4.29. The van der Waals surface area contributed by atoms with Crippen molar-refractivity contribution in [3.8, 4) is 5.75 Å². The van der Waals surface area contributed by atoms with Crippen molar-refractivity contribution in [1.82, 2.24) is 0 Å². The zero-order valence-electron chi connectivity index (χ0n) is 22.7.